The third-order valence-electron chi connectivity index (χ3n) is 2.69. The largest absolute Gasteiger partial charge is 0.479 e. The number of nitriles is 6. The summed E-state index contributed by atoms with van der Waals surface area (Å²) in [7, 11) is -6.17. The molecule has 4 atom stereocenters. The van der Waals surface area contributed by atoms with Crippen molar-refractivity contribution in [1.82, 2.24) is 0 Å². The van der Waals surface area contributed by atoms with E-state index in [1.807, 2.05) is 0 Å². The number of aliphatic hydroxyl groups is 5. The van der Waals surface area contributed by atoms with E-state index in [0.717, 1.165) is 29.8 Å². The molecule has 0 rings (SSSR count). The van der Waals surface area contributed by atoms with Gasteiger partial charge in [-0.1, -0.05) is 0 Å². The van der Waals surface area contributed by atoms with Gasteiger partial charge in [0.05, 0.1) is 6.61 Å². The second-order valence-corrected chi connectivity index (χ2v) is 9.94. The van der Waals surface area contributed by atoms with Crippen molar-refractivity contribution in [3.63, 3.8) is 0 Å². The molecule has 0 saturated carbocycles. The summed E-state index contributed by atoms with van der Waals surface area (Å²) in [6.07, 6.45) is -7.84. The van der Waals surface area contributed by atoms with Crippen LogP contribution in [0.1, 0.15) is 0 Å². The minimum Gasteiger partial charge on any atom is -0.479 e. The smallest absolute Gasteiger partial charge is 0.335 e. The van der Waals surface area contributed by atoms with Crippen molar-refractivity contribution >= 4 is 5.97 Å². The number of nitrogens with zero attached hydrogens (tertiary/aromatic N) is 6. The Morgan fingerprint density at radius 2 is 1.08 bits per heavy atom. The molecule has 0 aliphatic rings. The van der Waals surface area contributed by atoms with E-state index in [-0.39, 0.29) is 0 Å². The summed E-state index contributed by atoms with van der Waals surface area (Å²) in [4.78, 5) is 16.3. The fourth-order valence-electron chi connectivity index (χ4n) is 0.934. The molecule has 0 aromatic carbocycles. The van der Waals surface area contributed by atoms with Crippen molar-refractivity contribution in [2.45, 2.75) is 24.4 Å². The Morgan fingerprint density at radius 3 is 1.23 bits per heavy atom. The van der Waals surface area contributed by atoms with E-state index < -0.39 is 47.7 Å². The molecule has 0 radical (unpaired) electrons. The maximum atomic E-state index is 10.1. The van der Waals surface area contributed by atoms with Crippen molar-refractivity contribution in [3.05, 3.63) is 0 Å². The summed E-state index contributed by atoms with van der Waals surface area (Å²) in [5.41, 5.74) is 0. The predicted molar refractivity (Wildman–Crippen MR) is 72.4 cm³/mol. The zero-order valence-electron chi connectivity index (χ0n) is 12.6. The first kappa shape index (κ1) is 25.0. The summed E-state index contributed by atoms with van der Waals surface area (Å²) in [6.45, 7) is -0.843. The van der Waals surface area contributed by atoms with Crippen LogP contribution in [0.15, 0.2) is 0 Å². The number of rotatable bonds is 5. The Kier molecular flexibility index (Phi) is 7.88. The van der Waals surface area contributed by atoms with E-state index in [0.29, 0.717) is 0 Å². The van der Waals surface area contributed by atoms with Gasteiger partial charge in [0.2, 0.25) is 0 Å². The van der Waals surface area contributed by atoms with Gasteiger partial charge in [-0.3, -0.25) is 0 Å². The Balaban J connectivity index is 0. The van der Waals surface area contributed by atoms with Crippen LogP contribution in [0.25, 0.3) is 0 Å². The Bertz CT molecular complexity index is 689. The van der Waals surface area contributed by atoms with Gasteiger partial charge in [0.1, 0.15) is 18.3 Å². The van der Waals surface area contributed by atoms with Crippen molar-refractivity contribution in [1.29, 1.82) is 31.6 Å². The van der Waals surface area contributed by atoms with Gasteiger partial charge in [-0.15, -0.1) is 0 Å². The van der Waals surface area contributed by atoms with Gasteiger partial charge in [0.25, 0.3) is 0 Å². The molecular weight excluding hydrogens is 396 g/mol. The van der Waals surface area contributed by atoms with Gasteiger partial charge >= 0.3 is 78.1 Å². The molecule has 140 valence electrons. The number of carboxylic acid groups (broad SMARTS) is 1. The predicted octanol–water partition coefficient (Wildman–Crippen LogP) is -3.39. The molecule has 6 N–H and O–H groups in total. The van der Waals surface area contributed by atoms with Crippen LogP contribution in [-0.2, 0) is 15.5 Å². The van der Waals surface area contributed by atoms with Gasteiger partial charge in [-0.25, -0.2) is 4.79 Å². The van der Waals surface area contributed by atoms with Gasteiger partial charge in [0.15, 0.2) is 6.10 Å². The number of carboxylic acids is 1. The summed E-state index contributed by atoms with van der Waals surface area (Å²) in [5.74, 6) is -1.73. The first-order valence-electron chi connectivity index (χ1n) is 5.88. The third kappa shape index (κ3) is 4.03. The maximum Gasteiger partial charge on any atom is 0.335 e. The molecule has 0 aliphatic heterocycles. The number of hydrogen-bond donors (Lipinski definition) is 6. The Morgan fingerprint density at radius 1 is 0.769 bits per heavy atom. The van der Waals surface area contributed by atoms with E-state index in [1.165, 1.54) is 0 Å². The van der Waals surface area contributed by atoms with Crippen LogP contribution in [0.2, 0.25) is 0 Å². The molecule has 0 spiro atoms. The summed E-state index contributed by atoms with van der Waals surface area (Å²) in [6, 6.07) is 0. The number of aliphatic hydroxyl groups excluding tert-OH is 5. The molecule has 4 unspecified atom stereocenters. The normalized spacial score (nSPS) is 16.9. The van der Waals surface area contributed by atoms with Gasteiger partial charge in [-0.2, -0.15) is 0 Å². The molecule has 14 heteroatoms. The van der Waals surface area contributed by atoms with E-state index >= 15 is 0 Å². The molecule has 0 saturated heterocycles. The molecule has 13 nitrogen and oxygen atoms in total. The zero-order valence-corrected chi connectivity index (χ0v) is 13.7. The summed E-state index contributed by atoms with van der Waals surface area (Å²) in [5, 5.41) is 103. The molecular formula is C12H12FeN6O7. The monoisotopic (exact) mass is 408 g/mol. The third-order valence-corrected chi connectivity index (χ3v) is 6.40. The Labute approximate surface area is 145 Å². The van der Waals surface area contributed by atoms with Crippen LogP contribution in [0.4, 0.5) is 0 Å². The average Bonchev–Trinajstić information content (AvgIpc) is 2.70. The van der Waals surface area contributed by atoms with Crippen molar-refractivity contribution in [2.75, 3.05) is 6.61 Å². The topological polar surface area (TPSA) is 281 Å². The van der Waals surface area contributed by atoms with Gasteiger partial charge in [-0.05, 0) is 0 Å². The minimum atomic E-state index is -6.17. The average molecular weight is 408 g/mol. The zero-order chi connectivity index (χ0) is 21.2. The van der Waals surface area contributed by atoms with E-state index in [4.69, 9.17) is 62.2 Å². The van der Waals surface area contributed by atoms with Crippen LogP contribution < -0.4 is 0 Å². The summed E-state index contributed by atoms with van der Waals surface area (Å²) >= 11 is 0. The van der Waals surface area contributed by atoms with Crippen LogP contribution in [0, 0.1) is 61.4 Å². The minimum absolute atomic E-state index is 0.843. The van der Waals surface area contributed by atoms with E-state index in [2.05, 4.69) is 0 Å². The van der Waals surface area contributed by atoms with Crippen molar-refractivity contribution in [3.8, 4) is 29.8 Å². The van der Waals surface area contributed by atoms with Gasteiger partial charge in [0, 0.05) is 0 Å². The molecule has 0 aromatic heterocycles. The quantitative estimate of drug-likeness (QED) is 0.242. The maximum absolute atomic E-state index is 10.1. The van der Waals surface area contributed by atoms with E-state index in [9.17, 15) is 4.79 Å². The van der Waals surface area contributed by atoms with E-state index in [1.54, 1.807) is 0 Å². The second kappa shape index (κ2) is 8.21. The number of hydrogen-bond acceptors (Lipinski definition) is 12. The van der Waals surface area contributed by atoms with Crippen molar-refractivity contribution < 1.29 is 46.2 Å². The van der Waals surface area contributed by atoms with Gasteiger partial charge < -0.3 is 30.6 Å². The molecule has 0 bridgehead atoms. The first-order chi connectivity index (χ1) is 11.9. The fourth-order valence-corrected chi connectivity index (χ4v) is 1.76. The molecule has 0 aromatic rings. The van der Waals surface area contributed by atoms with Crippen LogP contribution in [0.3, 0.4) is 0 Å². The first-order valence-corrected chi connectivity index (χ1v) is 9.19. The number of aliphatic carboxylic acids is 1. The summed E-state index contributed by atoms with van der Waals surface area (Å²) < 4.78 is 0. The number of carbonyl (C=O) groups is 1. The SMILES string of the molecule is N#[C][Fe]([C]#N)([C]#N)([C]#N)([C]#N)[C]#N.O=C(O)C(O)C(O)C(O)C(O)CO. The standard InChI is InChI=1S/C6H12O7.6CN.Fe/c7-1-2(8)3(9)4(10)5(11)6(12)13;6*1-2;/h2-5,7-11H,1H2,(H,12,13);;;;;;;. The second-order valence-electron chi connectivity index (χ2n) is 4.31. The fraction of sp³-hybridized carbons (Fsp3) is 0.417. The molecule has 0 amide bonds. The molecule has 0 heterocycles. The van der Waals surface area contributed by atoms with Crippen LogP contribution in [0.5, 0.6) is 0 Å². The molecule has 26 heavy (non-hydrogen) atoms. The van der Waals surface area contributed by atoms with Crippen LogP contribution in [-0.4, -0.2) is 67.6 Å². The Hall–Kier alpha value is -3.27. The molecule has 0 fully saturated rings. The van der Waals surface area contributed by atoms with Crippen molar-refractivity contribution in [2.24, 2.45) is 0 Å². The van der Waals surface area contributed by atoms with Crippen LogP contribution >= 0.6 is 0 Å². The molecule has 0 aliphatic carbocycles.